The molecule has 0 aromatic heterocycles. The zero-order chi connectivity index (χ0) is 15.4. The van der Waals surface area contributed by atoms with Crippen molar-refractivity contribution < 1.29 is 19.4 Å². The molecule has 0 unspecified atom stereocenters. The lowest BCUT2D eigenvalue weighted by Crippen LogP contribution is -2.24. The Labute approximate surface area is 123 Å². The first-order chi connectivity index (χ1) is 10.0. The number of hydrogen-bond acceptors (Lipinski definition) is 4. The largest absolute Gasteiger partial charge is 0.481 e. The summed E-state index contributed by atoms with van der Waals surface area (Å²) < 4.78 is 4.73. The summed E-state index contributed by atoms with van der Waals surface area (Å²) in [6.07, 6.45) is 0.960. The molecule has 2 rings (SSSR count). The Bertz CT molecular complexity index is 565. The van der Waals surface area contributed by atoms with Crippen LogP contribution in [0.2, 0.25) is 0 Å². The zero-order valence-electron chi connectivity index (χ0n) is 12.1. The van der Waals surface area contributed by atoms with Crippen LogP contribution in [0.4, 0.5) is 0 Å². The molecule has 1 aliphatic rings. The third kappa shape index (κ3) is 3.24. The molecule has 0 saturated heterocycles. The monoisotopic (exact) mass is 289 g/mol. The van der Waals surface area contributed by atoms with Gasteiger partial charge in [-0.05, 0) is 25.3 Å². The van der Waals surface area contributed by atoms with E-state index in [2.05, 4.69) is 5.32 Å². The van der Waals surface area contributed by atoms with E-state index < -0.39 is 17.9 Å². The maximum Gasteiger partial charge on any atom is 0.336 e. The van der Waals surface area contributed by atoms with Crippen molar-refractivity contribution in [1.82, 2.24) is 5.32 Å². The summed E-state index contributed by atoms with van der Waals surface area (Å²) in [4.78, 5) is 23.1. The van der Waals surface area contributed by atoms with Crippen LogP contribution in [0.1, 0.15) is 31.4 Å². The lowest BCUT2D eigenvalue weighted by Gasteiger charge is -2.18. The predicted molar refractivity (Wildman–Crippen MR) is 77.4 cm³/mol. The molecule has 2 N–H and O–H groups in total. The summed E-state index contributed by atoms with van der Waals surface area (Å²) in [5, 5.41) is 12.5. The van der Waals surface area contributed by atoms with Crippen LogP contribution in [0, 0.1) is 5.92 Å². The van der Waals surface area contributed by atoms with E-state index in [1.807, 2.05) is 37.3 Å². The number of allylic oxidation sites excluding steroid dienone is 1. The Kier molecular flexibility index (Phi) is 4.62. The first-order valence-corrected chi connectivity index (χ1v) is 6.90. The number of carbonyl (C=O) groups is 2. The highest BCUT2D eigenvalue weighted by Crippen LogP contribution is 2.33. The third-order valence-corrected chi connectivity index (χ3v) is 3.75. The van der Waals surface area contributed by atoms with Crippen molar-refractivity contribution in [3.8, 4) is 0 Å². The van der Waals surface area contributed by atoms with Crippen LogP contribution in [0.25, 0.3) is 0 Å². The minimum Gasteiger partial charge on any atom is -0.481 e. The van der Waals surface area contributed by atoms with Crippen molar-refractivity contribution in [3.63, 3.8) is 0 Å². The number of nitrogens with one attached hydrogen (secondary N) is 1. The summed E-state index contributed by atoms with van der Waals surface area (Å²) in [7, 11) is 1.27. The number of esters is 1. The van der Waals surface area contributed by atoms with Crippen molar-refractivity contribution in [2.45, 2.75) is 25.8 Å². The topological polar surface area (TPSA) is 75.6 Å². The molecule has 5 heteroatoms. The molecule has 0 radical (unpaired) electrons. The van der Waals surface area contributed by atoms with Gasteiger partial charge in [0, 0.05) is 11.7 Å². The Morgan fingerprint density at radius 1 is 1.33 bits per heavy atom. The predicted octanol–water partition coefficient (Wildman–Crippen LogP) is 2.26. The summed E-state index contributed by atoms with van der Waals surface area (Å²) in [6, 6.07) is 9.79. The van der Waals surface area contributed by atoms with Gasteiger partial charge in [-0.15, -0.1) is 0 Å². The summed E-state index contributed by atoms with van der Waals surface area (Å²) in [6.45, 7) is 1.98. The van der Waals surface area contributed by atoms with Crippen LogP contribution in [0.5, 0.6) is 0 Å². The van der Waals surface area contributed by atoms with Gasteiger partial charge in [0.1, 0.15) is 0 Å². The normalized spacial score (nSPS) is 19.2. The number of methoxy groups -OCH3 is 1. The van der Waals surface area contributed by atoms with Crippen LogP contribution in [-0.2, 0) is 14.3 Å². The van der Waals surface area contributed by atoms with Gasteiger partial charge in [-0.3, -0.25) is 4.79 Å². The number of ether oxygens (including phenoxy) is 1. The zero-order valence-corrected chi connectivity index (χ0v) is 12.1. The molecule has 2 atom stereocenters. The fourth-order valence-electron chi connectivity index (χ4n) is 2.64. The van der Waals surface area contributed by atoms with Gasteiger partial charge in [0.25, 0.3) is 0 Å². The average molecular weight is 289 g/mol. The molecule has 0 bridgehead atoms. The molecule has 0 amide bonds. The SMILES string of the molecule is COC(=O)C1=C(N[C@@H](C)c2ccccc2)CC[C@H]1C(=O)O. The fraction of sp³-hybridized carbons (Fsp3) is 0.375. The van der Waals surface area contributed by atoms with Gasteiger partial charge < -0.3 is 15.2 Å². The van der Waals surface area contributed by atoms with E-state index in [-0.39, 0.29) is 11.6 Å². The molecule has 112 valence electrons. The molecule has 5 nitrogen and oxygen atoms in total. The standard InChI is InChI=1S/C16H19NO4/c1-10(11-6-4-3-5-7-11)17-13-9-8-12(15(18)19)14(13)16(20)21-2/h3-7,10,12,17H,8-9H2,1-2H3,(H,18,19)/t10-,12+/m0/s1. The number of carbonyl (C=O) groups excluding carboxylic acids is 1. The van der Waals surface area contributed by atoms with Crippen molar-refractivity contribution in [3.05, 3.63) is 47.2 Å². The van der Waals surface area contributed by atoms with Gasteiger partial charge in [0.15, 0.2) is 0 Å². The van der Waals surface area contributed by atoms with E-state index in [4.69, 9.17) is 4.74 Å². The average Bonchev–Trinajstić information content (AvgIpc) is 2.91. The number of hydrogen-bond donors (Lipinski definition) is 2. The van der Waals surface area contributed by atoms with Gasteiger partial charge in [-0.2, -0.15) is 0 Å². The number of aliphatic carboxylic acids is 1. The molecule has 1 aromatic rings. The number of carboxylic acids is 1. The smallest absolute Gasteiger partial charge is 0.336 e. The summed E-state index contributed by atoms with van der Waals surface area (Å²) in [5.41, 5.74) is 1.99. The second-order valence-corrected chi connectivity index (χ2v) is 5.09. The number of rotatable bonds is 5. The molecule has 1 aromatic carbocycles. The van der Waals surface area contributed by atoms with Gasteiger partial charge in [0.2, 0.25) is 0 Å². The van der Waals surface area contributed by atoms with Gasteiger partial charge in [0.05, 0.1) is 18.6 Å². The second kappa shape index (κ2) is 6.43. The molecule has 1 aliphatic carbocycles. The quantitative estimate of drug-likeness (QED) is 0.813. The van der Waals surface area contributed by atoms with E-state index in [1.54, 1.807) is 0 Å². The van der Waals surface area contributed by atoms with Gasteiger partial charge >= 0.3 is 11.9 Å². The Balaban J connectivity index is 2.25. The van der Waals surface area contributed by atoms with Crippen molar-refractivity contribution in [2.75, 3.05) is 7.11 Å². The van der Waals surface area contributed by atoms with Gasteiger partial charge in [-0.25, -0.2) is 4.79 Å². The van der Waals surface area contributed by atoms with Gasteiger partial charge in [-0.1, -0.05) is 30.3 Å². The van der Waals surface area contributed by atoms with Crippen molar-refractivity contribution in [2.24, 2.45) is 5.92 Å². The second-order valence-electron chi connectivity index (χ2n) is 5.09. The molecule has 0 fully saturated rings. The molecule has 0 saturated carbocycles. The van der Waals surface area contributed by atoms with Crippen LogP contribution in [0.3, 0.4) is 0 Å². The maximum atomic E-state index is 11.9. The van der Waals surface area contributed by atoms with E-state index in [1.165, 1.54) is 7.11 Å². The lowest BCUT2D eigenvalue weighted by molar-refractivity contribution is -0.144. The molecule has 0 aliphatic heterocycles. The molecular formula is C16H19NO4. The molecule has 0 spiro atoms. The van der Waals surface area contributed by atoms with E-state index >= 15 is 0 Å². The number of carboxylic acid groups (broad SMARTS) is 1. The molecular weight excluding hydrogens is 270 g/mol. The summed E-state index contributed by atoms with van der Waals surface area (Å²) in [5.74, 6) is -2.34. The van der Waals surface area contributed by atoms with Crippen LogP contribution < -0.4 is 5.32 Å². The van der Waals surface area contributed by atoms with Crippen molar-refractivity contribution >= 4 is 11.9 Å². The Morgan fingerprint density at radius 2 is 2.00 bits per heavy atom. The van der Waals surface area contributed by atoms with Crippen LogP contribution >= 0.6 is 0 Å². The molecule has 0 heterocycles. The van der Waals surface area contributed by atoms with E-state index in [0.29, 0.717) is 18.5 Å². The van der Waals surface area contributed by atoms with Crippen molar-refractivity contribution in [1.29, 1.82) is 0 Å². The minimum atomic E-state index is -0.987. The minimum absolute atomic E-state index is 0.00611. The highest BCUT2D eigenvalue weighted by molar-refractivity contribution is 5.96. The van der Waals surface area contributed by atoms with E-state index in [0.717, 1.165) is 5.56 Å². The third-order valence-electron chi connectivity index (χ3n) is 3.75. The van der Waals surface area contributed by atoms with Crippen LogP contribution in [0.15, 0.2) is 41.6 Å². The Hall–Kier alpha value is -2.30. The number of benzene rings is 1. The molecule has 21 heavy (non-hydrogen) atoms. The lowest BCUT2D eigenvalue weighted by atomic mass is 10.0. The maximum absolute atomic E-state index is 11.9. The highest BCUT2D eigenvalue weighted by atomic mass is 16.5. The first kappa shape index (κ1) is 15.1. The summed E-state index contributed by atoms with van der Waals surface area (Å²) >= 11 is 0. The van der Waals surface area contributed by atoms with E-state index in [9.17, 15) is 14.7 Å². The fourth-order valence-corrected chi connectivity index (χ4v) is 2.64. The highest BCUT2D eigenvalue weighted by Gasteiger charge is 2.36. The Morgan fingerprint density at radius 3 is 2.57 bits per heavy atom. The van der Waals surface area contributed by atoms with Crippen LogP contribution in [-0.4, -0.2) is 24.2 Å². The first-order valence-electron chi connectivity index (χ1n) is 6.90.